The molecule has 29 heavy (non-hydrogen) atoms. The highest BCUT2D eigenvalue weighted by atomic mass is 79.9. The first kappa shape index (κ1) is 22.9. The Morgan fingerprint density at radius 2 is 1.93 bits per heavy atom. The van der Waals surface area contributed by atoms with E-state index in [0.717, 1.165) is 0 Å². The summed E-state index contributed by atoms with van der Waals surface area (Å²) in [7, 11) is 3.25. The summed E-state index contributed by atoms with van der Waals surface area (Å²) in [5.74, 6) is -0.333. The molecule has 0 N–H and O–H groups in total. The summed E-state index contributed by atoms with van der Waals surface area (Å²) in [6.07, 6.45) is 2.93. The number of allylic oxidation sites excluding steroid dienone is 1. The number of rotatable bonds is 8. The van der Waals surface area contributed by atoms with Crippen molar-refractivity contribution in [2.45, 2.75) is 6.92 Å². The van der Waals surface area contributed by atoms with E-state index in [1.165, 1.54) is 29.2 Å². The second-order valence-electron chi connectivity index (χ2n) is 6.17. The molecular formula is C21H20BrClFNO4. The van der Waals surface area contributed by atoms with E-state index in [4.69, 9.17) is 21.1 Å². The van der Waals surface area contributed by atoms with Gasteiger partial charge in [0, 0.05) is 19.7 Å². The van der Waals surface area contributed by atoms with Gasteiger partial charge >= 0.3 is 0 Å². The monoisotopic (exact) mass is 483 g/mol. The van der Waals surface area contributed by atoms with Crippen LogP contribution in [-0.4, -0.2) is 43.9 Å². The third-order valence-electron chi connectivity index (χ3n) is 3.80. The molecule has 0 heterocycles. The first-order valence-corrected chi connectivity index (χ1v) is 9.86. The molecule has 1 amide bonds. The molecule has 0 aliphatic carbocycles. The number of carbonyl (C=O) groups is 2. The van der Waals surface area contributed by atoms with Crippen molar-refractivity contribution in [2.24, 2.45) is 0 Å². The van der Waals surface area contributed by atoms with E-state index < -0.39 is 5.82 Å². The predicted octanol–water partition coefficient (Wildman–Crippen LogP) is 5.00. The van der Waals surface area contributed by atoms with Crippen LogP contribution in [-0.2, 0) is 4.79 Å². The van der Waals surface area contributed by atoms with Crippen LogP contribution in [0.1, 0.15) is 22.8 Å². The minimum Gasteiger partial charge on any atom is -0.490 e. The Morgan fingerprint density at radius 1 is 1.21 bits per heavy atom. The fraction of sp³-hybridized carbons (Fsp3) is 0.238. The molecule has 0 atom stereocenters. The normalized spacial score (nSPS) is 10.8. The van der Waals surface area contributed by atoms with Crippen LogP contribution in [0.15, 0.2) is 40.9 Å². The van der Waals surface area contributed by atoms with Crippen LogP contribution in [0, 0.1) is 5.82 Å². The first-order chi connectivity index (χ1) is 13.7. The lowest BCUT2D eigenvalue weighted by molar-refractivity contribution is -0.130. The van der Waals surface area contributed by atoms with Crippen LogP contribution in [0.4, 0.5) is 4.39 Å². The summed E-state index contributed by atoms with van der Waals surface area (Å²) in [6, 6.07) is 7.30. The Labute approximate surface area is 182 Å². The third-order valence-corrected chi connectivity index (χ3v) is 4.69. The van der Waals surface area contributed by atoms with E-state index in [9.17, 15) is 14.0 Å². The van der Waals surface area contributed by atoms with Gasteiger partial charge in [-0.1, -0.05) is 17.7 Å². The Hall–Kier alpha value is -2.38. The second kappa shape index (κ2) is 10.4. The summed E-state index contributed by atoms with van der Waals surface area (Å²) in [5, 5.41) is 0.249. The Bertz CT molecular complexity index is 947. The fourth-order valence-electron chi connectivity index (χ4n) is 2.27. The molecule has 0 aliphatic rings. The van der Waals surface area contributed by atoms with Crippen molar-refractivity contribution in [3.8, 4) is 11.5 Å². The number of hydrogen-bond acceptors (Lipinski definition) is 4. The molecule has 0 saturated heterocycles. The van der Waals surface area contributed by atoms with Crippen molar-refractivity contribution >= 4 is 45.3 Å². The van der Waals surface area contributed by atoms with Gasteiger partial charge in [0.25, 0.3) is 5.91 Å². The number of halogens is 3. The Balaban J connectivity index is 2.24. The zero-order valence-corrected chi connectivity index (χ0v) is 18.5. The standard InChI is InChI=1S/C21H20BrClFNO4/c1-4-28-19-10-13(9-16(23)21(19)29-12-20(27)25(2)3)5-8-18(26)14-6-7-17(24)15(22)11-14/h5-11H,4,12H2,1-3H3/b8-5+. The van der Waals surface area contributed by atoms with Crippen molar-refractivity contribution in [1.82, 2.24) is 4.90 Å². The Morgan fingerprint density at radius 3 is 2.55 bits per heavy atom. The lowest BCUT2D eigenvalue weighted by Crippen LogP contribution is -2.27. The molecule has 0 bridgehead atoms. The number of hydrogen-bond donors (Lipinski definition) is 0. The van der Waals surface area contributed by atoms with Gasteiger partial charge in [-0.05, 0) is 64.8 Å². The number of ether oxygens (including phenoxy) is 2. The van der Waals surface area contributed by atoms with Crippen LogP contribution in [0.5, 0.6) is 11.5 Å². The maximum absolute atomic E-state index is 13.3. The highest BCUT2D eigenvalue weighted by molar-refractivity contribution is 9.10. The zero-order valence-electron chi connectivity index (χ0n) is 16.2. The molecule has 0 radical (unpaired) electrons. The smallest absolute Gasteiger partial charge is 0.259 e. The van der Waals surface area contributed by atoms with Crippen molar-refractivity contribution in [1.29, 1.82) is 0 Å². The molecule has 0 unspecified atom stereocenters. The summed E-state index contributed by atoms with van der Waals surface area (Å²) in [4.78, 5) is 25.5. The van der Waals surface area contributed by atoms with Gasteiger partial charge in [0.05, 0.1) is 16.1 Å². The van der Waals surface area contributed by atoms with Gasteiger partial charge in [0.2, 0.25) is 0 Å². The van der Waals surface area contributed by atoms with Gasteiger partial charge in [-0.25, -0.2) is 4.39 Å². The maximum atomic E-state index is 13.3. The average Bonchev–Trinajstić information content (AvgIpc) is 2.67. The van der Waals surface area contributed by atoms with Crippen LogP contribution in [0.25, 0.3) is 6.08 Å². The van der Waals surface area contributed by atoms with Gasteiger partial charge in [0.15, 0.2) is 23.9 Å². The molecule has 2 aromatic carbocycles. The van der Waals surface area contributed by atoms with Crippen LogP contribution < -0.4 is 9.47 Å². The molecule has 154 valence electrons. The van der Waals surface area contributed by atoms with E-state index in [1.54, 1.807) is 39.2 Å². The van der Waals surface area contributed by atoms with E-state index >= 15 is 0 Å². The maximum Gasteiger partial charge on any atom is 0.259 e. The summed E-state index contributed by atoms with van der Waals surface area (Å²) in [6.45, 7) is 1.99. The minimum atomic E-state index is -0.443. The van der Waals surface area contributed by atoms with Crippen LogP contribution >= 0.6 is 27.5 Å². The van der Waals surface area contributed by atoms with Gasteiger partial charge in [-0.2, -0.15) is 0 Å². The number of nitrogens with zero attached hydrogens (tertiary/aromatic N) is 1. The molecule has 0 aromatic heterocycles. The largest absolute Gasteiger partial charge is 0.490 e. The molecule has 2 rings (SSSR count). The number of benzene rings is 2. The lowest BCUT2D eigenvalue weighted by atomic mass is 10.1. The van der Waals surface area contributed by atoms with Crippen molar-refractivity contribution in [3.05, 3.63) is 62.8 Å². The SMILES string of the molecule is CCOc1cc(/C=C/C(=O)c2ccc(F)c(Br)c2)cc(Cl)c1OCC(=O)N(C)C. The van der Waals surface area contributed by atoms with Crippen LogP contribution in [0.3, 0.4) is 0 Å². The van der Waals surface area contributed by atoms with E-state index in [2.05, 4.69) is 15.9 Å². The molecule has 2 aromatic rings. The quantitative estimate of drug-likeness (QED) is 0.391. The summed E-state index contributed by atoms with van der Waals surface area (Å²) >= 11 is 9.37. The fourth-order valence-corrected chi connectivity index (χ4v) is 2.92. The van der Waals surface area contributed by atoms with Gasteiger partial charge in [-0.15, -0.1) is 0 Å². The highest BCUT2D eigenvalue weighted by Gasteiger charge is 2.15. The molecule has 0 fully saturated rings. The predicted molar refractivity (Wildman–Crippen MR) is 114 cm³/mol. The molecule has 0 saturated carbocycles. The van der Waals surface area contributed by atoms with E-state index in [1.807, 2.05) is 0 Å². The lowest BCUT2D eigenvalue weighted by Gasteiger charge is -2.16. The molecule has 0 spiro atoms. The topological polar surface area (TPSA) is 55.8 Å². The van der Waals surface area contributed by atoms with Gasteiger partial charge < -0.3 is 14.4 Å². The van der Waals surface area contributed by atoms with Crippen molar-refractivity contribution in [2.75, 3.05) is 27.3 Å². The molecule has 5 nitrogen and oxygen atoms in total. The molecule has 0 aliphatic heterocycles. The average molecular weight is 485 g/mol. The van der Waals surface area contributed by atoms with Gasteiger partial charge in [0.1, 0.15) is 5.82 Å². The first-order valence-electron chi connectivity index (χ1n) is 8.69. The zero-order chi connectivity index (χ0) is 21.6. The van der Waals surface area contributed by atoms with Crippen LogP contribution in [0.2, 0.25) is 5.02 Å². The van der Waals surface area contributed by atoms with Gasteiger partial charge in [-0.3, -0.25) is 9.59 Å². The summed E-state index contributed by atoms with van der Waals surface area (Å²) in [5.41, 5.74) is 0.951. The molecule has 8 heteroatoms. The highest BCUT2D eigenvalue weighted by Crippen LogP contribution is 2.37. The summed E-state index contributed by atoms with van der Waals surface area (Å²) < 4.78 is 24.7. The van der Waals surface area contributed by atoms with Crippen molar-refractivity contribution < 1.29 is 23.5 Å². The number of amides is 1. The number of carbonyl (C=O) groups excluding carboxylic acids is 2. The number of ketones is 1. The molecular weight excluding hydrogens is 465 g/mol. The van der Waals surface area contributed by atoms with E-state index in [0.29, 0.717) is 23.5 Å². The second-order valence-corrected chi connectivity index (χ2v) is 7.43. The Kier molecular flexibility index (Phi) is 8.22. The number of likely N-dealkylation sites (N-methyl/N-ethyl adjacent to an activating group) is 1. The van der Waals surface area contributed by atoms with E-state index in [-0.39, 0.29) is 33.5 Å². The minimum absolute atomic E-state index is 0.181. The van der Waals surface area contributed by atoms with Crippen molar-refractivity contribution in [3.63, 3.8) is 0 Å². The third kappa shape index (κ3) is 6.30.